The van der Waals surface area contributed by atoms with Gasteiger partial charge < -0.3 is 10.2 Å². The number of hydrogen-bond acceptors (Lipinski definition) is 3. The Labute approximate surface area is 132 Å². The lowest BCUT2D eigenvalue weighted by molar-refractivity contribution is -0.893. The number of quaternary nitrogens is 1. The summed E-state index contributed by atoms with van der Waals surface area (Å²) in [5, 5.41) is 14.0. The highest BCUT2D eigenvalue weighted by molar-refractivity contribution is 7.14. The normalized spacial score (nSPS) is 11.7. The van der Waals surface area contributed by atoms with E-state index < -0.39 is 0 Å². The quantitative estimate of drug-likeness (QED) is 0.853. The number of thiophene rings is 1. The van der Waals surface area contributed by atoms with Crippen molar-refractivity contribution in [1.82, 2.24) is 0 Å². The van der Waals surface area contributed by atoms with Crippen LogP contribution in [0, 0.1) is 17.1 Å². The highest BCUT2D eigenvalue weighted by Gasteiger charge is 2.11. The maximum Gasteiger partial charge on any atom is 0.230 e. The van der Waals surface area contributed by atoms with E-state index in [1.54, 1.807) is 23.6 Å². The van der Waals surface area contributed by atoms with Gasteiger partial charge in [-0.25, -0.2) is 4.39 Å². The van der Waals surface area contributed by atoms with Crippen molar-refractivity contribution in [3.8, 4) is 6.07 Å². The lowest BCUT2D eigenvalue weighted by atomic mass is 10.2. The first-order valence-electron chi connectivity index (χ1n) is 6.91. The molecule has 0 saturated carbocycles. The maximum atomic E-state index is 12.8. The Kier molecular flexibility index (Phi) is 5.64. The summed E-state index contributed by atoms with van der Waals surface area (Å²) in [6.45, 7) is 1.40. The van der Waals surface area contributed by atoms with Gasteiger partial charge in [0.2, 0.25) is 5.91 Å². The van der Waals surface area contributed by atoms with Crippen molar-refractivity contribution in [3.63, 3.8) is 0 Å². The van der Waals surface area contributed by atoms with E-state index in [0.717, 1.165) is 17.0 Å². The number of halogens is 1. The molecule has 1 amide bonds. The van der Waals surface area contributed by atoms with Crippen molar-refractivity contribution in [2.45, 2.75) is 13.0 Å². The third-order valence-corrected chi connectivity index (χ3v) is 4.07. The van der Waals surface area contributed by atoms with Gasteiger partial charge in [0, 0.05) is 5.56 Å². The molecule has 4 nitrogen and oxygen atoms in total. The predicted octanol–water partition coefficient (Wildman–Crippen LogP) is 1.80. The molecule has 1 atom stereocenters. The maximum absolute atomic E-state index is 12.8. The van der Waals surface area contributed by atoms with Gasteiger partial charge in [0.15, 0.2) is 0 Å². The second-order valence-corrected chi connectivity index (χ2v) is 6.00. The number of carbonyl (C=O) groups excluding carboxylic acids is 1. The van der Waals surface area contributed by atoms with Gasteiger partial charge in [-0.15, -0.1) is 11.3 Å². The van der Waals surface area contributed by atoms with Crippen LogP contribution in [0.2, 0.25) is 0 Å². The molecule has 1 aromatic heterocycles. The Morgan fingerprint density at radius 1 is 1.36 bits per heavy atom. The summed E-state index contributed by atoms with van der Waals surface area (Å²) in [6.07, 6.45) is 0.371. The number of benzene rings is 1. The lowest BCUT2D eigenvalue weighted by Gasteiger charge is -2.13. The highest BCUT2D eigenvalue weighted by Crippen LogP contribution is 2.21. The Morgan fingerprint density at radius 3 is 2.77 bits per heavy atom. The van der Waals surface area contributed by atoms with E-state index in [1.807, 2.05) is 13.1 Å². The summed E-state index contributed by atoms with van der Waals surface area (Å²) >= 11 is 1.34. The molecule has 2 rings (SSSR count). The standard InChI is InChI=1S/C16H16FN3OS/c1-20(11-12-2-4-14(17)5-3-12)8-6-15(21)19-16-13(10-18)7-9-22-16/h2-5,7,9H,6,8,11H2,1H3,(H,19,21)/p+1. The Hall–Kier alpha value is -2.23. The van der Waals surface area contributed by atoms with Crippen LogP contribution >= 0.6 is 11.3 Å². The molecule has 6 heteroatoms. The minimum Gasteiger partial charge on any atom is -0.333 e. The van der Waals surface area contributed by atoms with Gasteiger partial charge in [-0.2, -0.15) is 5.26 Å². The molecule has 1 unspecified atom stereocenters. The van der Waals surface area contributed by atoms with Crippen LogP contribution in [0.1, 0.15) is 17.5 Å². The molecule has 2 aromatic rings. The molecule has 0 bridgehead atoms. The molecule has 0 saturated heterocycles. The monoisotopic (exact) mass is 318 g/mol. The largest absolute Gasteiger partial charge is 0.333 e. The van der Waals surface area contributed by atoms with Crippen molar-refractivity contribution >= 4 is 22.2 Å². The zero-order valence-electron chi connectivity index (χ0n) is 12.2. The summed E-state index contributed by atoms with van der Waals surface area (Å²) in [6, 6.07) is 10.1. The molecule has 0 fully saturated rings. The van der Waals surface area contributed by atoms with Crippen LogP contribution in [0.4, 0.5) is 9.39 Å². The van der Waals surface area contributed by atoms with Crippen LogP contribution in [-0.2, 0) is 11.3 Å². The van der Waals surface area contributed by atoms with Crippen molar-refractivity contribution in [2.75, 3.05) is 18.9 Å². The zero-order chi connectivity index (χ0) is 15.9. The molecule has 1 heterocycles. The molecule has 0 aliphatic rings. The van der Waals surface area contributed by atoms with Crippen LogP contribution in [0.25, 0.3) is 0 Å². The van der Waals surface area contributed by atoms with Crippen molar-refractivity contribution < 1.29 is 14.1 Å². The Morgan fingerprint density at radius 2 is 2.09 bits per heavy atom. The zero-order valence-corrected chi connectivity index (χ0v) is 13.0. The van der Waals surface area contributed by atoms with Crippen LogP contribution in [0.3, 0.4) is 0 Å². The lowest BCUT2D eigenvalue weighted by Crippen LogP contribution is -3.07. The minimum absolute atomic E-state index is 0.0996. The third-order valence-electron chi connectivity index (χ3n) is 3.24. The van der Waals surface area contributed by atoms with E-state index in [9.17, 15) is 9.18 Å². The second kappa shape index (κ2) is 7.69. The van der Waals surface area contributed by atoms with E-state index in [2.05, 4.69) is 5.32 Å². The van der Waals surface area contributed by atoms with Crippen LogP contribution in [-0.4, -0.2) is 19.5 Å². The van der Waals surface area contributed by atoms with Gasteiger partial charge in [-0.3, -0.25) is 4.79 Å². The first kappa shape index (κ1) is 16.1. The molecule has 0 radical (unpaired) electrons. The van der Waals surface area contributed by atoms with Gasteiger partial charge in [0.05, 0.1) is 25.6 Å². The summed E-state index contributed by atoms with van der Waals surface area (Å²) in [4.78, 5) is 13.1. The van der Waals surface area contributed by atoms with Gasteiger partial charge in [-0.1, -0.05) is 12.1 Å². The number of nitriles is 1. The fraction of sp³-hybridized carbons (Fsp3) is 0.250. The second-order valence-electron chi connectivity index (χ2n) is 5.08. The Balaban J connectivity index is 1.78. The highest BCUT2D eigenvalue weighted by atomic mass is 32.1. The van der Waals surface area contributed by atoms with E-state index in [1.165, 1.54) is 23.5 Å². The summed E-state index contributed by atoms with van der Waals surface area (Å²) in [5.74, 6) is -0.345. The summed E-state index contributed by atoms with van der Waals surface area (Å²) in [5.41, 5.74) is 1.52. The number of hydrogen-bond donors (Lipinski definition) is 2. The van der Waals surface area contributed by atoms with Gasteiger partial charge in [-0.05, 0) is 23.6 Å². The first-order valence-corrected chi connectivity index (χ1v) is 7.79. The SMILES string of the molecule is C[NH+](CCC(=O)Nc1sccc1C#N)Cc1ccc(F)cc1. The number of rotatable bonds is 6. The number of amides is 1. The van der Waals surface area contributed by atoms with Crippen molar-refractivity contribution in [2.24, 2.45) is 0 Å². The molecule has 114 valence electrons. The van der Waals surface area contributed by atoms with E-state index in [0.29, 0.717) is 23.5 Å². The molecular formula is C16H17FN3OS+. The smallest absolute Gasteiger partial charge is 0.230 e. The fourth-order valence-corrected chi connectivity index (χ4v) is 2.80. The van der Waals surface area contributed by atoms with Crippen LogP contribution in [0.15, 0.2) is 35.7 Å². The fourth-order valence-electron chi connectivity index (χ4n) is 2.05. The van der Waals surface area contributed by atoms with Gasteiger partial charge in [0.1, 0.15) is 23.4 Å². The molecule has 22 heavy (non-hydrogen) atoms. The van der Waals surface area contributed by atoms with E-state index in [4.69, 9.17) is 5.26 Å². The minimum atomic E-state index is -0.245. The Bertz CT molecular complexity index is 675. The molecular weight excluding hydrogens is 301 g/mol. The summed E-state index contributed by atoms with van der Waals surface area (Å²) in [7, 11) is 1.99. The third kappa shape index (κ3) is 4.65. The van der Waals surface area contributed by atoms with Crippen molar-refractivity contribution in [1.29, 1.82) is 5.26 Å². The topological polar surface area (TPSA) is 57.3 Å². The molecule has 0 aliphatic heterocycles. The average Bonchev–Trinajstić information content (AvgIpc) is 2.95. The number of carbonyl (C=O) groups is 1. The average molecular weight is 318 g/mol. The first-order chi connectivity index (χ1) is 10.6. The van der Waals surface area contributed by atoms with Gasteiger partial charge >= 0.3 is 0 Å². The number of anilines is 1. The summed E-state index contributed by atoms with van der Waals surface area (Å²) < 4.78 is 12.8. The molecule has 1 aromatic carbocycles. The molecule has 0 aliphatic carbocycles. The number of nitrogens with one attached hydrogen (secondary N) is 2. The van der Waals surface area contributed by atoms with Crippen LogP contribution in [0.5, 0.6) is 0 Å². The van der Waals surface area contributed by atoms with E-state index in [-0.39, 0.29) is 11.7 Å². The molecule has 2 N–H and O–H groups in total. The van der Waals surface area contributed by atoms with Gasteiger partial charge in [0.25, 0.3) is 0 Å². The van der Waals surface area contributed by atoms with E-state index >= 15 is 0 Å². The predicted molar refractivity (Wildman–Crippen MR) is 84.1 cm³/mol. The number of nitrogens with zero attached hydrogens (tertiary/aromatic N) is 1. The van der Waals surface area contributed by atoms with Crippen molar-refractivity contribution in [3.05, 3.63) is 52.7 Å². The van der Waals surface area contributed by atoms with Crippen LogP contribution < -0.4 is 10.2 Å². The molecule has 0 spiro atoms.